The molecule has 1 aliphatic rings. The summed E-state index contributed by atoms with van der Waals surface area (Å²) in [7, 11) is 0. The molecule has 6 heteroatoms. The third-order valence-corrected chi connectivity index (χ3v) is 5.09. The molecule has 2 aromatic carbocycles. The SMILES string of the molecule is Cc1ccc(O[C@H](C)C(=O)N2c3ccccc3NC(=O)C2(C)C)c(Br)c1. The minimum atomic E-state index is -1.02. The first-order valence-corrected chi connectivity index (χ1v) is 9.18. The number of ether oxygens (including phenoxy) is 1. The summed E-state index contributed by atoms with van der Waals surface area (Å²) in [5, 5.41) is 2.86. The number of fused-ring (bicyclic) bond motifs is 1. The zero-order chi connectivity index (χ0) is 19.1. The van der Waals surface area contributed by atoms with Gasteiger partial charge in [-0.2, -0.15) is 0 Å². The number of aryl methyl sites for hydroxylation is 1. The van der Waals surface area contributed by atoms with E-state index in [1.807, 2.05) is 43.3 Å². The highest BCUT2D eigenvalue weighted by Crippen LogP contribution is 2.37. The predicted octanol–water partition coefficient (Wildman–Crippen LogP) is 4.29. The van der Waals surface area contributed by atoms with E-state index < -0.39 is 11.6 Å². The van der Waals surface area contributed by atoms with Gasteiger partial charge in [0, 0.05) is 0 Å². The molecular weight excluding hydrogens is 396 g/mol. The molecule has 0 fully saturated rings. The van der Waals surface area contributed by atoms with Crippen molar-refractivity contribution in [3.05, 3.63) is 52.5 Å². The standard InChI is InChI=1S/C20H21BrN2O3/c1-12-9-10-17(14(21)11-12)26-13(2)18(24)23-16-8-6-5-7-15(16)22-19(25)20(23,3)4/h5-11,13H,1-4H3,(H,22,25)/t13-/m1/s1. The molecule has 0 radical (unpaired) electrons. The number of halogens is 1. The van der Waals surface area contributed by atoms with Crippen molar-refractivity contribution in [3.8, 4) is 5.75 Å². The molecular formula is C20H21BrN2O3. The van der Waals surface area contributed by atoms with Gasteiger partial charge in [0.25, 0.3) is 5.91 Å². The molecule has 0 saturated carbocycles. The molecule has 0 bridgehead atoms. The summed E-state index contributed by atoms with van der Waals surface area (Å²) in [5.41, 5.74) is 1.36. The molecule has 0 unspecified atom stereocenters. The average Bonchev–Trinajstić information content (AvgIpc) is 2.57. The molecule has 0 aliphatic carbocycles. The topological polar surface area (TPSA) is 58.6 Å². The zero-order valence-corrected chi connectivity index (χ0v) is 16.8. The molecule has 1 N–H and O–H groups in total. The molecule has 1 atom stereocenters. The minimum Gasteiger partial charge on any atom is -0.480 e. The lowest BCUT2D eigenvalue weighted by Gasteiger charge is -2.42. The van der Waals surface area contributed by atoms with Gasteiger partial charge < -0.3 is 10.1 Å². The number of amides is 2. The second-order valence-corrected chi connectivity index (χ2v) is 7.75. The fourth-order valence-electron chi connectivity index (χ4n) is 2.97. The molecule has 1 heterocycles. The Labute approximate surface area is 161 Å². The molecule has 2 aromatic rings. The van der Waals surface area contributed by atoms with Crippen LogP contribution in [0.15, 0.2) is 46.9 Å². The Bertz CT molecular complexity index is 879. The number of nitrogens with one attached hydrogen (secondary N) is 1. The lowest BCUT2D eigenvalue weighted by Crippen LogP contribution is -2.60. The Balaban J connectivity index is 1.93. The summed E-state index contributed by atoms with van der Waals surface area (Å²) in [6.07, 6.45) is -0.757. The molecule has 1 aliphatic heterocycles. The van der Waals surface area contributed by atoms with Crippen LogP contribution in [0.4, 0.5) is 11.4 Å². The summed E-state index contributed by atoms with van der Waals surface area (Å²) < 4.78 is 6.67. The van der Waals surface area contributed by atoms with Crippen LogP contribution in [0.1, 0.15) is 26.3 Å². The van der Waals surface area contributed by atoms with Crippen LogP contribution in [0.2, 0.25) is 0 Å². The van der Waals surface area contributed by atoms with Gasteiger partial charge in [-0.05, 0) is 73.5 Å². The average molecular weight is 417 g/mol. The molecule has 26 heavy (non-hydrogen) atoms. The number of carbonyl (C=O) groups excluding carboxylic acids is 2. The highest BCUT2D eigenvalue weighted by atomic mass is 79.9. The maximum atomic E-state index is 13.2. The molecule has 2 amide bonds. The highest BCUT2D eigenvalue weighted by molar-refractivity contribution is 9.10. The van der Waals surface area contributed by atoms with Gasteiger partial charge in [-0.1, -0.05) is 18.2 Å². The summed E-state index contributed by atoms with van der Waals surface area (Å²) in [6, 6.07) is 12.9. The lowest BCUT2D eigenvalue weighted by molar-refractivity contribution is -0.130. The van der Waals surface area contributed by atoms with Crippen LogP contribution >= 0.6 is 15.9 Å². The summed E-state index contributed by atoms with van der Waals surface area (Å²) in [6.45, 7) is 7.13. The minimum absolute atomic E-state index is 0.228. The smallest absolute Gasteiger partial charge is 0.268 e. The number of hydrogen-bond donors (Lipinski definition) is 1. The molecule has 5 nitrogen and oxygen atoms in total. The quantitative estimate of drug-likeness (QED) is 0.811. The van der Waals surface area contributed by atoms with Gasteiger partial charge in [0.2, 0.25) is 5.91 Å². The molecule has 3 rings (SSSR count). The van der Waals surface area contributed by atoms with E-state index in [9.17, 15) is 9.59 Å². The van der Waals surface area contributed by atoms with Crippen LogP contribution in [0.25, 0.3) is 0 Å². The summed E-state index contributed by atoms with van der Waals surface area (Å²) in [4.78, 5) is 27.2. The normalized spacial score (nSPS) is 16.5. The summed E-state index contributed by atoms with van der Waals surface area (Å²) in [5.74, 6) is 0.0852. The van der Waals surface area contributed by atoms with E-state index >= 15 is 0 Å². The number of para-hydroxylation sites is 2. The van der Waals surface area contributed by atoms with Gasteiger partial charge in [-0.3, -0.25) is 14.5 Å². The van der Waals surface area contributed by atoms with E-state index in [-0.39, 0.29) is 11.8 Å². The zero-order valence-electron chi connectivity index (χ0n) is 15.2. The Morgan fingerprint density at radius 1 is 1.23 bits per heavy atom. The van der Waals surface area contributed by atoms with E-state index in [1.54, 1.807) is 26.8 Å². The third kappa shape index (κ3) is 3.21. The van der Waals surface area contributed by atoms with Crippen molar-refractivity contribution in [2.24, 2.45) is 0 Å². The lowest BCUT2D eigenvalue weighted by atomic mass is 9.95. The van der Waals surface area contributed by atoms with Crippen LogP contribution in [-0.2, 0) is 9.59 Å². The third-order valence-electron chi connectivity index (χ3n) is 4.47. The fraction of sp³-hybridized carbons (Fsp3) is 0.300. The van der Waals surface area contributed by atoms with Crippen molar-refractivity contribution in [1.82, 2.24) is 0 Å². The number of nitrogens with zero attached hydrogens (tertiary/aromatic N) is 1. The van der Waals surface area contributed by atoms with Gasteiger partial charge >= 0.3 is 0 Å². The second kappa shape index (κ2) is 6.76. The molecule has 136 valence electrons. The number of benzene rings is 2. The number of rotatable bonds is 3. The van der Waals surface area contributed by atoms with E-state index in [2.05, 4.69) is 21.2 Å². The Kier molecular flexibility index (Phi) is 4.80. The summed E-state index contributed by atoms with van der Waals surface area (Å²) >= 11 is 3.46. The Hall–Kier alpha value is -2.34. The molecule has 0 saturated heterocycles. The first kappa shape index (κ1) is 18.5. The maximum Gasteiger partial charge on any atom is 0.268 e. The van der Waals surface area contributed by atoms with Crippen LogP contribution in [-0.4, -0.2) is 23.5 Å². The van der Waals surface area contributed by atoms with Crippen molar-refractivity contribution in [2.75, 3.05) is 10.2 Å². The van der Waals surface area contributed by atoms with Crippen LogP contribution in [0, 0.1) is 6.92 Å². The maximum absolute atomic E-state index is 13.2. The van der Waals surface area contributed by atoms with E-state index in [1.165, 1.54) is 4.90 Å². The van der Waals surface area contributed by atoms with Crippen molar-refractivity contribution >= 4 is 39.1 Å². The monoisotopic (exact) mass is 416 g/mol. The van der Waals surface area contributed by atoms with Gasteiger partial charge in [0.05, 0.1) is 15.8 Å². The van der Waals surface area contributed by atoms with E-state index in [0.29, 0.717) is 17.1 Å². The predicted molar refractivity (Wildman–Crippen MR) is 106 cm³/mol. The number of carbonyl (C=O) groups is 2. The number of anilines is 2. The molecule has 0 aromatic heterocycles. The first-order valence-electron chi connectivity index (χ1n) is 8.39. The van der Waals surface area contributed by atoms with Gasteiger partial charge in [-0.15, -0.1) is 0 Å². The van der Waals surface area contributed by atoms with Crippen molar-refractivity contribution in [2.45, 2.75) is 39.3 Å². The largest absolute Gasteiger partial charge is 0.480 e. The first-order chi connectivity index (χ1) is 12.2. The highest BCUT2D eigenvalue weighted by Gasteiger charge is 2.45. The second-order valence-electron chi connectivity index (χ2n) is 6.90. The van der Waals surface area contributed by atoms with Crippen molar-refractivity contribution in [3.63, 3.8) is 0 Å². The molecule has 0 spiro atoms. The van der Waals surface area contributed by atoms with E-state index in [4.69, 9.17) is 4.74 Å². The van der Waals surface area contributed by atoms with Crippen molar-refractivity contribution < 1.29 is 14.3 Å². The number of hydrogen-bond acceptors (Lipinski definition) is 3. The Morgan fingerprint density at radius 2 is 1.92 bits per heavy atom. The van der Waals surface area contributed by atoms with Crippen molar-refractivity contribution in [1.29, 1.82) is 0 Å². The van der Waals surface area contributed by atoms with Crippen LogP contribution < -0.4 is 15.0 Å². The Morgan fingerprint density at radius 3 is 2.62 bits per heavy atom. The van der Waals surface area contributed by atoms with Crippen LogP contribution in [0.3, 0.4) is 0 Å². The van der Waals surface area contributed by atoms with Gasteiger partial charge in [0.1, 0.15) is 11.3 Å². The fourth-order valence-corrected chi connectivity index (χ4v) is 3.56. The van der Waals surface area contributed by atoms with Crippen LogP contribution in [0.5, 0.6) is 5.75 Å². The van der Waals surface area contributed by atoms with E-state index in [0.717, 1.165) is 10.0 Å². The van der Waals surface area contributed by atoms with Gasteiger partial charge in [0.15, 0.2) is 6.10 Å². The van der Waals surface area contributed by atoms with Gasteiger partial charge in [-0.25, -0.2) is 0 Å².